The number of halogens is 1. The normalized spacial score (nSPS) is 12.2. The number of para-hydroxylation sites is 2. The van der Waals surface area contributed by atoms with Crippen molar-refractivity contribution in [2.45, 2.75) is 19.2 Å². The molecule has 0 fully saturated rings. The molecule has 130 valence electrons. The topological polar surface area (TPSA) is 63.2 Å². The minimum absolute atomic E-state index is 0.134. The quantitative estimate of drug-likeness (QED) is 0.638. The van der Waals surface area contributed by atoms with Gasteiger partial charge in [0.2, 0.25) is 5.62 Å². The van der Waals surface area contributed by atoms with Crippen LogP contribution >= 0.6 is 11.6 Å². The number of fused-ring (bicyclic) bond motifs is 1. The van der Waals surface area contributed by atoms with Crippen LogP contribution in [0.1, 0.15) is 0 Å². The highest BCUT2D eigenvalue weighted by Crippen LogP contribution is 2.16. The molecule has 0 amide bonds. The molecule has 2 aromatic carbocycles. The van der Waals surface area contributed by atoms with Gasteiger partial charge in [-0.2, -0.15) is 0 Å². The van der Waals surface area contributed by atoms with Gasteiger partial charge in [0, 0.05) is 11.6 Å². The SMILES string of the molecule is C=CCn1c(=N)n(CC(O)COc2ccc(Cl)cc2)c2ccccc21. The summed E-state index contributed by atoms with van der Waals surface area (Å²) in [5.74, 6) is 0.647. The molecule has 0 aliphatic rings. The monoisotopic (exact) mass is 357 g/mol. The van der Waals surface area contributed by atoms with Crippen molar-refractivity contribution in [2.24, 2.45) is 0 Å². The molecular formula is C19H20ClN3O2. The summed E-state index contributed by atoms with van der Waals surface area (Å²) in [5.41, 5.74) is 2.17. The lowest BCUT2D eigenvalue weighted by Gasteiger charge is -2.13. The molecular weight excluding hydrogens is 338 g/mol. The zero-order valence-electron chi connectivity index (χ0n) is 13.7. The Morgan fingerprint density at radius 2 is 1.76 bits per heavy atom. The van der Waals surface area contributed by atoms with Crippen molar-refractivity contribution < 1.29 is 9.84 Å². The van der Waals surface area contributed by atoms with E-state index in [1.165, 1.54) is 0 Å². The molecule has 1 heterocycles. The highest BCUT2D eigenvalue weighted by molar-refractivity contribution is 6.30. The standard InChI is InChI=1S/C19H20ClN3O2/c1-2-11-22-17-5-3-4-6-18(17)23(19(22)21)12-15(24)13-25-16-9-7-14(20)8-10-16/h2-10,15,21,24H,1,11-13H2. The molecule has 1 atom stereocenters. The van der Waals surface area contributed by atoms with E-state index in [9.17, 15) is 5.11 Å². The smallest absolute Gasteiger partial charge is 0.203 e. The lowest BCUT2D eigenvalue weighted by molar-refractivity contribution is 0.0921. The van der Waals surface area contributed by atoms with Gasteiger partial charge in [-0.1, -0.05) is 29.8 Å². The van der Waals surface area contributed by atoms with E-state index in [1.807, 2.05) is 28.8 Å². The fraction of sp³-hybridized carbons (Fsp3) is 0.211. The number of imidazole rings is 1. The van der Waals surface area contributed by atoms with Crippen molar-refractivity contribution in [3.8, 4) is 5.75 Å². The molecule has 0 bridgehead atoms. The summed E-state index contributed by atoms with van der Waals surface area (Å²) in [6.45, 7) is 4.71. The molecule has 3 aromatic rings. The number of aliphatic hydroxyl groups excluding tert-OH is 1. The van der Waals surface area contributed by atoms with Crippen molar-refractivity contribution in [1.29, 1.82) is 5.41 Å². The molecule has 0 aliphatic carbocycles. The summed E-state index contributed by atoms with van der Waals surface area (Å²) in [7, 11) is 0. The Morgan fingerprint density at radius 1 is 1.12 bits per heavy atom. The largest absolute Gasteiger partial charge is 0.491 e. The molecule has 2 N–H and O–H groups in total. The minimum Gasteiger partial charge on any atom is -0.491 e. The van der Waals surface area contributed by atoms with E-state index in [0.29, 0.717) is 22.9 Å². The molecule has 1 unspecified atom stereocenters. The van der Waals surface area contributed by atoms with Gasteiger partial charge in [-0.15, -0.1) is 6.58 Å². The van der Waals surface area contributed by atoms with E-state index < -0.39 is 6.10 Å². The number of hydrogen-bond acceptors (Lipinski definition) is 3. The summed E-state index contributed by atoms with van der Waals surface area (Å²) in [6, 6.07) is 14.8. The average molecular weight is 358 g/mol. The van der Waals surface area contributed by atoms with Gasteiger partial charge in [0.15, 0.2) is 0 Å². The fourth-order valence-electron chi connectivity index (χ4n) is 2.78. The molecule has 0 aliphatic heterocycles. The third kappa shape index (κ3) is 3.78. The zero-order chi connectivity index (χ0) is 17.8. The lowest BCUT2D eigenvalue weighted by atomic mass is 10.3. The van der Waals surface area contributed by atoms with Crippen LogP contribution in [0.3, 0.4) is 0 Å². The molecule has 0 spiro atoms. The summed E-state index contributed by atoms with van der Waals surface area (Å²) in [5, 5.41) is 19.4. The molecule has 6 heteroatoms. The van der Waals surface area contributed by atoms with E-state index in [-0.39, 0.29) is 13.2 Å². The first-order valence-corrected chi connectivity index (χ1v) is 8.38. The Labute approximate surface area is 150 Å². The summed E-state index contributed by atoms with van der Waals surface area (Å²) in [6.07, 6.45) is 1.02. The van der Waals surface area contributed by atoms with Crippen molar-refractivity contribution in [3.63, 3.8) is 0 Å². The molecule has 3 rings (SSSR count). The van der Waals surface area contributed by atoms with Gasteiger partial charge in [-0.25, -0.2) is 0 Å². The number of rotatable bonds is 7. The van der Waals surface area contributed by atoms with Crippen LogP contribution in [0, 0.1) is 5.41 Å². The molecule has 25 heavy (non-hydrogen) atoms. The number of nitrogens with zero attached hydrogens (tertiary/aromatic N) is 2. The third-order valence-electron chi connectivity index (χ3n) is 3.94. The maximum absolute atomic E-state index is 10.4. The predicted molar refractivity (Wildman–Crippen MR) is 98.9 cm³/mol. The van der Waals surface area contributed by atoms with Crippen LogP contribution in [-0.4, -0.2) is 27.0 Å². The van der Waals surface area contributed by atoms with E-state index in [4.69, 9.17) is 21.7 Å². The Balaban J connectivity index is 1.78. The number of ether oxygens (including phenoxy) is 1. The predicted octanol–water partition coefficient (Wildman–Crippen LogP) is 3.20. The number of nitrogens with one attached hydrogen (secondary N) is 1. The molecule has 0 radical (unpaired) electrons. The van der Waals surface area contributed by atoms with Crippen LogP contribution in [0.15, 0.2) is 61.2 Å². The summed E-state index contributed by atoms with van der Waals surface area (Å²) >= 11 is 5.84. The van der Waals surface area contributed by atoms with Gasteiger partial charge in [0.05, 0.1) is 17.6 Å². The van der Waals surface area contributed by atoms with Crippen LogP contribution in [0.2, 0.25) is 5.02 Å². The lowest BCUT2D eigenvalue weighted by Crippen LogP contribution is -2.31. The minimum atomic E-state index is -0.743. The third-order valence-corrected chi connectivity index (χ3v) is 4.19. The maximum atomic E-state index is 10.4. The van der Waals surface area contributed by atoms with E-state index in [1.54, 1.807) is 34.9 Å². The van der Waals surface area contributed by atoms with Crippen LogP contribution in [0.5, 0.6) is 5.75 Å². The Kier molecular flexibility index (Phi) is 5.26. The van der Waals surface area contributed by atoms with Gasteiger partial charge in [0.25, 0.3) is 0 Å². The van der Waals surface area contributed by atoms with Gasteiger partial charge < -0.3 is 19.0 Å². The zero-order valence-corrected chi connectivity index (χ0v) is 14.5. The highest BCUT2D eigenvalue weighted by atomic mass is 35.5. The van der Waals surface area contributed by atoms with Crippen molar-refractivity contribution in [1.82, 2.24) is 9.13 Å². The summed E-state index contributed by atoms with van der Waals surface area (Å²) in [4.78, 5) is 0. The Bertz CT molecular complexity index is 928. The molecule has 5 nitrogen and oxygen atoms in total. The van der Waals surface area contributed by atoms with Gasteiger partial charge >= 0.3 is 0 Å². The van der Waals surface area contributed by atoms with Gasteiger partial charge in [-0.3, -0.25) is 5.41 Å². The highest BCUT2D eigenvalue weighted by Gasteiger charge is 2.14. The number of allylic oxidation sites excluding steroid dienone is 1. The number of hydrogen-bond donors (Lipinski definition) is 2. The van der Waals surface area contributed by atoms with Crippen LogP contribution in [-0.2, 0) is 13.1 Å². The molecule has 1 aromatic heterocycles. The average Bonchev–Trinajstić information content (AvgIpc) is 2.88. The van der Waals surface area contributed by atoms with Gasteiger partial charge in [0.1, 0.15) is 18.5 Å². The van der Waals surface area contributed by atoms with Crippen molar-refractivity contribution in [3.05, 3.63) is 71.8 Å². The second kappa shape index (κ2) is 7.59. The van der Waals surface area contributed by atoms with Crippen LogP contribution in [0.4, 0.5) is 0 Å². The first-order chi connectivity index (χ1) is 12.1. The molecule has 0 saturated carbocycles. The number of aliphatic hydroxyl groups is 1. The first kappa shape index (κ1) is 17.3. The van der Waals surface area contributed by atoms with Crippen LogP contribution in [0.25, 0.3) is 11.0 Å². The summed E-state index contributed by atoms with van der Waals surface area (Å²) < 4.78 is 9.24. The number of benzene rings is 2. The van der Waals surface area contributed by atoms with E-state index in [2.05, 4.69) is 6.58 Å². The van der Waals surface area contributed by atoms with Crippen molar-refractivity contribution >= 4 is 22.6 Å². The Morgan fingerprint density at radius 3 is 2.40 bits per heavy atom. The number of aromatic nitrogens is 2. The maximum Gasteiger partial charge on any atom is 0.203 e. The van der Waals surface area contributed by atoms with Crippen LogP contribution < -0.4 is 10.4 Å². The molecule has 0 saturated heterocycles. The first-order valence-electron chi connectivity index (χ1n) is 8.00. The van der Waals surface area contributed by atoms with E-state index >= 15 is 0 Å². The van der Waals surface area contributed by atoms with E-state index in [0.717, 1.165) is 11.0 Å². The second-order valence-electron chi connectivity index (χ2n) is 5.74. The van der Waals surface area contributed by atoms with Gasteiger partial charge in [-0.05, 0) is 36.4 Å². The second-order valence-corrected chi connectivity index (χ2v) is 6.18. The fourth-order valence-corrected chi connectivity index (χ4v) is 2.91. The van der Waals surface area contributed by atoms with Crippen molar-refractivity contribution in [2.75, 3.05) is 6.61 Å². The Hall–Kier alpha value is -2.50.